The van der Waals surface area contributed by atoms with Gasteiger partial charge in [-0.05, 0) is 35.9 Å². The minimum Gasteiger partial charge on any atom is -0.394 e. The van der Waals surface area contributed by atoms with Crippen LogP contribution in [0.4, 0.5) is 10.2 Å². The Kier molecular flexibility index (Phi) is 5.79. The van der Waals surface area contributed by atoms with E-state index >= 15 is 0 Å². The Labute approximate surface area is 186 Å². The maximum atomic E-state index is 13.1. The van der Waals surface area contributed by atoms with Gasteiger partial charge in [0.2, 0.25) is 5.60 Å². The van der Waals surface area contributed by atoms with Crippen LogP contribution in [0.25, 0.3) is 11.6 Å². The molecule has 3 aromatic rings. The predicted octanol–water partition coefficient (Wildman–Crippen LogP) is -0.362. The van der Waals surface area contributed by atoms with E-state index in [1.165, 1.54) is 47.0 Å². The lowest BCUT2D eigenvalue weighted by atomic mass is 9.92. The summed E-state index contributed by atoms with van der Waals surface area (Å²) < 4.78 is 19.8. The maximum absolute atomic E-state index is 13.1. The Morgan fingerprint density at radius 2 is 2.06 bits per heavy atom. The fourth-order valence-corrected chi connectivity index (χ4v) is 3.62. The molecule has 0 radical (unpaired) electrons. The number of nitriles is 1. The van der Waals surface area contributed by atoms with Crippen molar-refractivity contribution in [1.29, 1.82) is 5.26 Å². The smallest absolute Gasteiger partial charge is 0.272 e. The molecule has 0 aliphatic carbocycles. The number of aliphatic hydroxyl groups excluding tert-OH is 3. The van der Waals surface area contributed by atoms with Gasteiger partial charge in [-0.1, -0.05) is 12.1 Å². The zero-order valence-corrected chi connectivity index (χ0v) is 17.0. The molecule has 2 aromatic heterocycles. The van der Waals surface area contributed by atoms with Gasteiger partial charge in [-0.2, -0.15) is 10.4 Å². The van der Waals surface area contributed by atoms with E-state index in [9.17, 15) is 29.8 Å². The number of anilines is 1. The summed E-state index contributed by atoms with van der Waals surface area (Å²) in [6.45, 7) is -0.610. The molecule has 11 nitrogen and oxygen atoms in total. The second-order valence-corrected chi connectivity index (χ2v) is 7.35. The van der Waals surface area contributed by atoms with Gasteiger partial charge < -0.3 is 31.1 Å². The molecule has 1 aliphatic rings. The summed E-state index contributed by atoms with van der Waals surface area (Å²) >= 11 is 0. The molecule has 33 heavy (non-hydrogen) atoms. The number of hydrogen-bond donors (Lipinski definition) is 5. The topological polar surface area (TPSA) is 179 Å². The quantitative estimate of drug-likeness (QED) is 0.322. The average Bonchev–Trinajstić information content (AvgIpc) is 3.36. The van der Waals surface area contributed by atoms with Crippen LogP contribution in [0, 0.1) is 17.1 Å². The number of carbonyl (C=O) groups excluding carboxylic acids is 1. The van der Waals surface area contributed by atoms with E-state index < -0.39 is 42.2 Å². The normalized spacial score (nSPS) is 25.2. The van der Waals surface area contributed by atoms with E-state index in [0.29, 0.717) is 5.56 Å². The van der Waals surface area contributed by atoms with Crippen molar-refractivity contribution in [1.82, 2.24) is 14.6 Å². The van der Waals surface area contributed by atoms with E-state index in [2.05, 4.69) is 15.4 Å². The van der Waals surface area contributed by atoms with Gasteiger partial charge in [0, 0.05) is 0 Å². The summed E-state index contributed by atoms with van der Waals surface area (Å²) in [6, 6.07) is 10.2. The van der Waals surface area contributed by atoms with Gasteiger partial charge in [0.25, 0.3) is 5.91 Å². The summed E-state index contributed by atoms with van der Waals surface area (Å²) in [5, 5.41) is 46.4. The van der Waals surface area contributed by atoms with Gasteiger partial charge in [-0.3, -0.25) is 4.79 Å². The van der Waals surface area contributed by atoms with E-state index in [1.54, 1.807) is 0 Å². The van der Waals surface area contributed by atoms with Crippen LogP contribution in [-0.2, 0) is 15.1 Å². The standard InChI is InChI=1S/C21H19FN6O5/c22-12-3-1-11(2-4-12)7-13(24)20(32)27-19-14-5-6-16(28(14)26-10-25-19)21(9-23)18(31)17(30)15(8-29)33-21/h1-7,10,15,17-18,29-31H,8,24H2,(H,25,26,27,32)/t15-,17-,18-,21+/m1/s1. The SMILES string of the molecule is N#C[C@@]1(c2ccc3c(NC(=O)C(N)=Cc4ccc(F)cc4)ncnn23)O[C@H](CO)[C@@H](O)[C@H]1O. The van der Waals surface area contributed by atoms with Crippen molar-refractivity contribution >= 4 is 23.3 Å². The molecule has 0 unspecified atom stereocenters. The van der Waals surface area contributed by atoms with Gasteiger partial charge in [-0.25, -0.2) is 13.9 Å². The molecule has 3 heterocycles. The molecular weight excluding hydrogens is 435 g/mol. The molecule has 12 heteroatoms. The van der Waals surface area contributed by atoms with Gasteiger partial charge in [-0.15, -0.1) is 0 Å². The number of amides is 1. The van der Waals surface area contributed by atoms with Crippen molar-refractivity contribution in [2.75, 3.05) is 11.9 Å². The lowest BCUT2D eigenvalue weighted by molar-refractivity contribution is -0.112. The molecule has 4 rings (SSSR count). The van der Waals surface area contributed by atoms with E-state index in [-0.39, 0.29) is 22.7 Å². The van der Waals surface area contributed by atoms with Crippen LogP contribution in [0.1, 0.15) is 11.3 Å². The van der Waals surface area contributed by atoms with E-state index in [4.69, 9.17) is 10.5 Å². The Balaban J connectivity index is 1.66. The van der Waals surface area contributed by atoms with Crippen LogP contribution in [-0.4, -0.2) is 60.7 Å². The third-order valence-electron chi connectivity index (χ3n) is 5.32. The van der Waals surface area contributed by atoms with Crippen LogP contribution in [0.5, 0.6) is 0 Å². The molecule has 4 atom stereocenters. The number of aliphatic hydroxyl groups is 3. The van der Waals surface area contributed by atoms with Crippen molar-refractivity contribution < 1.29 is 29.2 Å². The van der Waals surface area contributed by atoms with Crippen LogP contribution in [0.3, 0.4) is 0 Å². The molecule has 170 valence electrons. The largest absolute Gasteiger partial charge is 0.394 e. The first-order valence-corrected chi connectivity index (χ1v) is 9.74. The lowest BCUT2D eigenvalue weighted by Crippen LogP contribution is -2.41. The van der Waals surface area contributed by atoms with Crippen LogP contribution >= 0.6 is 0 Å². The fraction of sp³-hybridized carbons (Fsp3) is 0.238. The van der Waals surface area contributed by atoms with Crippen molar-refractivity contribution in [3.05, 3.63) is 65.5 Å². The molecule has 0 bridgehead atoms. The number of fused-ring (bicyclic) bond motifs is 1. The minimum absolute atomic E-state index is 0.0524. The second kappa shape index (κ2) is 8.57. The summed E-state index contributed by atoms with van der Waals surface area (Å²) in [7, 11) is 0. The zero-order valence-electron chi connectivity index (χ0n) is 17.0. The van der Waals surface area contributed by atoms with Crippen LogP contribution in [0.2, 0.25) is 0 Å². The Bertz CT molecular complexity index is 1270. The Morgan fingerprint density at radius 3 is 2.70 bits per heavy atom. The van der Waals surface area contributed by atoms with Crippen LogP contribution in [0.15, 0.2) is 48.4 Å². The molecule has 1 amide bonds. The third kappa shape index (κ3) is 3.79. The van der Waals surface area contributed by atoms with Gasteiger partial charge in [0.05, 0.1) is 18.0 Å². The molecule has 1 aromatic carbocycles. The van der Waals surface area contributed by atoms with Crippen molar-refractivity contribution in [3.8, 4) is 6.07 Å². The van der Waals surface area contributed by atoms with Gasteiger partial charge >= 0.3 is 0 Å². The highest BCUT2D eigenvalue weighted by molar-refractivity contribution is 6.07. The number of benzene rings is 1. The number of nitrogens with zero attached hydrogens (tertiary/aromatic N) is 4. The monoisotopic (exact) mass is 454 g/mol. The summed E-state index contributed by atoms with van der Waals surface area (Å²) in [4.78, 5) is 16.6. The maximum Gasteiger partial charge on any atom is 0.272 e. The number of nitrogens with two attached hydrogens (primary N) is 1. The second-order valence-electron chi connectivity index (χ2n) is 7.35. The molecule has 6 N–H and O–H groups in total. The Morgan fingerprint density at radius 1 is 1.33 bits per heavy atom. The number of ether oxygens (including phenoxy) is 1. The fourth-order valence-electron chi connectivity index (χ4n) is 3.62. The highest BCUT2D eigenvalue weighted by atomic mass is 19.1. The highest BCUT2D eigenvalue weighted by Gasteiger charge is 2.57. The third-order valence-corrected chi connectivity index (χ3v) is 5.32. The van der Waals surface area contributed by atoms with Gasteiger partial charge in [0.15, 0.2) is 5.82 Å². The first-order valence-electron chi connectivity index (χ1n) is 9.74. The minimum atomic E-state index is -2.02. The number of rotatable bonds is 5. The zero-order chi connectivity index (χ0) is 23.8. The van der Waals surface area contributed by atoms with Gasteiger partial charge in [0.1, 0.15) is 42.0 Å². The van der Waals surface area contributed by atoms with Crippen molar-refractivity contribution in [3.63, 3.8) is 0 Å². The molecule has 0 saturated carbocycles. The predicted molar refractivity (Wildman–Crippen MR) is 111 cm³/mol. The number of halogens is 1. The molecule has 1 fully saturated rings. The molecule has 0 spiro atoms. The van der Waals surface area contributed by atoms with E-state index in [1.807, 2.05) is 6.07 Å². The average molecular weight is 454 g/mol. The number of nitrogens with one attached hydrogen (secondary N) is 1. The highest BCUT2D eigenvalue weighted by Crippen LogP contribution is 2.40. The number of carbonyl (C=O) groups is 1. The summed E-state index contributed by atoms with van der Waals surface area (Å²) in [5.41, 5.74) is 4.50. The number of hydrogen-bond acceptors (Lipinski definition) is 9. The van der Waals surface area contributed by atoms with Crippen LogP contribution < -0.4 is 11.1 Å². The first kappa shape index (κ1) is 22.3. The first-order chi connectivity index (χ1) is 15.8. The Hall–Kier alpha value is -3.89. The number of aromatic nitrogens is 3. The van der Waals surface area contributed by atoms with Crippen molar-refractivity contribution in [2.24, 2.45) is 5.73 Å². The lowest BCUT2D eigenvalue weighted by Gasteiger charge is -2.24. The van der Waals surface area contributed by atoms with Crippen molar-refractivity contribution in [2.45, 2.75) is 23.9 Å². The summed E-state index contributed by atoms with van der Waals surface area (Å²) in [6.07, 6.45) is -1.88. The molecular formula is C21H19FN6O5. The molecule has 1 aliphatic heterocycles. The molecule has 1 saturated heterocycles. The summed E-state index contributed by atoms with van der Waals surface area (Å²) in [5.74, 6) is -1.06. The van der Waals surface area contributed by atoms with E-state index in [0.717, 1.165) is 6.33 Å².